The minimum Gasteiger partial charge on any atom is -0.264 e. The minimum absolute atomic E-state index is 1.05. The molecular formula is C8H9IN2. The van der Waals surface area contributed by atoms with Gasteiger partial charge in [-0.2, -0.15) is 0 Å². The van der Waals surface area contributed by atoms with E-state index in [-0.39, 0.29) is 0 Å². The Balaban J connectivity index is 2.49. The van der Waals surface area contributed by atoms with Crippen molar-refractivity contribution in [3.05, 3.63) is 29.1 Å². The molecule has 0 atom stereocenters. The van der Waals surface area contributed by atoms with Crippen molar-refractivity contribution in [2.45, 2.75) is 20.0 Å². The first-order valence-electron chi connectivity index (χ1n) is 3.60. The lowest BCUT2D eigenvalue weighted by atomic mass is 10.1. The van der Waals surface area contributed by atoms with Crippen LogP contribution in [0.3, 0.4) is 0 Å². The van der Waals surface area contributed by atoms with Crippen molar-refractivity contribution in [3.8, 4) is 0 Å². The standard InChI is InChI=1S/C8H9IN2/c1-6-2-10-3-7-4-11(9)5-8(6)7/h2-3H,4-5H2,1H3. The summed E-state index contributed by atoms with van der Waals surface area (Å²) in [7, 11) is 0. The Labute approximate surface area is 80.1 Å². The zero-order valence-electron chi connectivity index (χ0n) is 6.34. The maximum atomic E-state index is 4.16. The van der Waals surface area contributed by atoms with Gasteiger partial charge in [0.25, 0.3) is 0 Å². The number of aromatic nitrogens is 1. The molecule has 0 N–H and O–H groups in total. The maximum Gasteiger partial charge on any atom is 0.0354 e. The van der Waals surface area contributed by atoms with Crippen molar-refractivity contribution in [3.63, 3.8) is 0 Å². The maximum absolute atomic E-state index is 4.16. The predicted molar refractivity (Wildman–Crippen MR) is 52.2 cm³/mol. The molecule has 1 aromatic rings. The number of pyridine rings is 1. The van der Waals surface area contributed by atoms with E-state index >= 15 is 0 Å². The third-order valence-electron chi connectivity index (χ3n) is 2.03. The van der Waals surface area contributed by atoms with Crippen molar-refractivity contribution in [1.29, 1.82) is 0 Å². The number of fused-ring (bicyclic) bond motifs is 1. The highest BCUT2D eigenvalue weighted by atomic mass is 127. The highest BCUT2D eigenvalue weighted by molar-refractivity contribution is 14.1. The Morgan fingerprint density at radius 1 is 1.45 bits per heavy atom. The lowest BCUT2D eigenvalue weighted by Crippen LogP contribution is -1.98. The van der Waals surface area contributed by atoms with Crippen LogP contribution in [0.4, 0.5) is 0 Å². The number of rotatable bonds is 0. The van der Waals surface area contributed by atoms with E-state index in [4.69, 9.17) is 0 Å². The predicted octanol–water partition coefficient (Wildman–Crippen LogP) is 2.06. The quantitative estimate of drug-likeness (QED) is 0.524. The second-order valence-corrected chi connectivity index (χ2v) is 4.24. The molecule has 0 fully saturated rings. The molecule has 1 aromatic heterocycles. The van der Waals surface area contributed by atoms with E-state index in [9.17, 15) is 0 Å². The molecule has 2 rings (SSSR count). The van der Waals surface area contributed by atoms with Gasteiger partial charge in [-0.3, -0.25) is 4.98 Å². The SMILES string of the molecule is Cc1cncc2c1CN(I)C2. The van der Waals surface area contributed by atoms with E-state index < -0.39 is 0 Å². The zero-order chi connectivity index (χ0) is 7.84. The van der Waals surface area contributed by atoms with Crippen LogP contribution in [0.25, 0.3) is 0 Å². The summed E-state index contributed by atoms with van der Waals surface area (Å²) < 4.78 is 2.27. The van der Waals surface area contributed by atoms with E-state index in [1.54, 1.807) is 0 Å². The molecular weight excluding hydrogens is 251 g/mol. The summed E-state index contributed by atoms with van der Waals surface area (Å²) in [6.07, 6.45) is 3.91. The van der Waals surface area contributed by atoms with E-state index in [2.05, 4.69) is 37.9 Å². The van der Waals surface area contributed by atoms with Crippen LogP contribution in [0.1, 0.15) is 16.7 Å². The van der Waals surface area contributed by atoms with E-state index in [1.165, 1.54) is 16.7 Å². The molecule has 0 unspecified atom stereocenters. The largest absolute Gasteiger partial charge is 0.264 e. The van der Waals surface area contributed by atoms with Crippen molar-refractivity contribution in [1.82, 2.24) is 8.10 Å². The molecule has 0 spiro atoms. The van der Waals surface area contributed by atoms with Crippen LogP contribution in [-0.2, 0) is 13.1 Å². The number of nitrogens with zero attached hydrogens (tertiary/aromatic N) is 2. The van der Waals surface area contributed by atoms with Gasteiger partial charge in [0.2, 0.25) is 0 Å². The number of aryl methyl sites for hydroxylation is 1. The Hall–Kier alpha value is -0.160. The van der Waals surface area contributed by atoms with Crippen LogP contribution in [0.5, 0.6) is 0 Å². The van der Waals surface area contributed by atoms with Crippen LogP contribution in [0.15, 0.2) is 12.4 Å². The fourth-order valence-electron chi connectivity index (χ4n) is 1.42. The summed E-state index contributed by atoms with van der Waals surface area (Å²) in [5, 5.41) is 0. The molecule has 3 heteroatoms. The van der Waals surface area contributed by atoms with Crippen molar-refractivity contribution in [2.75, 3.05) is 0 Å². The Kier molecular flexibility index (Phi) is 1.85. The van der Waals surface area contributed by atoms with Crippen LogP contribution in [0.2, 0.25) is 0 Å². The lowest BCUT2D eigenvalue weighted by Gasteiger charge is -2.00. The topological polar surface area (TPSA) is 16.1 Å². The Morgan fingerprint density at radius 3 is 3.00 bits per heavy atom. The van der Waals surface area contributed by atoms with E-state index in [0.717, 1.165) is 13.1 Å². The van der Waals surface area contributed by atoms with Gasteiger partial charge in [-0.05, 0) is 23.6 Å². The summed E-state index contributed by atoms with van der Waals surface area (Å²) in [4.78, 5) is 4.16. The molecule has 2 heterocycles. The van der Waals surface area contributed by atoms with Crippen LogP contribution >= 0.6 is 22.9 Å². The number of hydrogen-bond acceptors (Lipinski definition) is 2. The molecule has 0 amide bonds. The van der Waals surface area contributed by atoms with Crippen molar-refractivity contribution in [2.24, 2.45) is 0 Å². The molecule has 0 bridgehead atoms. The molecule has 1 aliphatic heterocycles. The second-order valence-electron chi connectivity index (χ2n) is 2.87. The van der Waals surface area contributed by atoms with Gasteiger partial charge in [0, 0.05) is 48.3 Å². The molecule has 1 aliphatic rings. The number of hydrogen-bond donors (Lipinski definition) is 0. The van der Waals surface area contributed by atoms with Crippen LogP contribution in [0, 0.1) is 6.92 Å². The molecule has 2 nitrogen and oxygen atoms in total. The number of halogens is 1. The third kappa shape index (κ3) is 1.27. The first-order valence-corrected chi connectivity index (χ1v) is 4.57. The van der Waals surface area contributed by atoms with Gasteiger partial charge in [-0.15, -0.1) is 0 Å². The van der Waals surface area contributed by atoms with Gasteiger partial charge < -0.3 is 0 Å². The van der Waals surface area contributed by atoms with E-state index in [0.29, 0.717) is 0 Å². The van der Waals surface area contributed by atoms with Crippen molar-refractivity contribution < 1.29 is 0 Å². The summed E-state index contributed by atoms with van der Waals surface area (Å²) in [5.41, 5.74) is 4.18. The lowest BCUT2D eigenvalue weighted by molar-refractivity contribution is 0.553. The smallest absolute Gasteiger partial charge is 0.0354 e. The monoisotopic (exact) mass is 260 g/mol. The Morgan fingerprint density at radius 2 is 2.27 bits per heavy atom. The van der Waals surface area contributed by atoms with Gasteiger partial charge in [-0.25, -0.2) is 3.11 Å². The third-order valence-corrected chi connectivity index (χ3v) is 2.72. The summed E-state index contributed by atoms with van der Waals surface area (Å²) in [6, 6.07) is 0. The molecule has 58 valence electrons. The molecule has 0 saturated heterocycles. The highest BCUT2D eigenvalue weighted by Crippen LogP contribution is 2.26. The molecule has 0 aromatic carbocycles. The second kappa shape index (κ2) is 2.71. The first kappa shape index (κ1) is 7.49. The Bertz CT molecular complexity index is 285. The average Bonchev–Trinajstić information content (AvgIpc) is 2.31. The molecule has 0 saturated carbocycles. The zero-order valence-corrected chi connectivity index (χ0v) is 8.50. The summed E-state index contributed by atoms with van der Waals surface area (Å²) >= 11 is 2.35. The highest BCUT2D eigenvalue weighted by Gasteiger charge is 2.17. The first-order chi connectivity index (χ1) is 5.27. The van der Waals surface area contributed by atoms with Gasteiger partial charge in [0.1, 0.15) is 0 Å². The van der Waals surface area contributed by atoms with Gasteiger partial charge in [0.15, 0.2) is 0 Å². The van der Waals surface area contributed by atoms with Gasteiger partial charge in [-0.1, -0.05) is 0 Å². The average molecular weight is 260 g/mol. The van der Waals surface area contributed by atoms with Gasteiger partial charge in [0.05, 0.1) is 0 Å². The molecule has 11 heavy (non-hydrogen) atoms. The summed E-state index contributed by atoms with van der Waals surface area (Å²) in [6.45, 7) is 4.25. The fourth-order valence-corrected chi connectivity index (χ4v) is 2.13. The van der Waals surface area contributed by atoms with Gasteiger partial charge >= 0.3 is 0 Å². The summed E-state index contributed by atoms with van der Waals surface area (Å²) in [5.74, 6) is 0. The fraction of sp³-hybridized carbons (Fsp3) is 0.375. The molecule has 0 aliphatic carbocycles. The van der Waals surface area contributed by atoms with Crippen molar-refractivity contribution >= 4 is 22.9 Å². The minimum atomic E-state index is 1.05. The normalized spacial score (nSPS) is 16.9. The van der Waals surface area contributed by atoms with E-state index in [1.807, 2.05) is 12.4 Å². The van der Waals surface area contributed by atoms with Crippen LogP contribution in [-0.4, -0.2) is 8.10 Å². The van der Waals surface area contributed by atoms with Crippen LogP contribution < -0.4 is 0 Å². The molecule has 0 radical (unpaired) electrons.